The van der Waals surface area contributed by atoms with Crippen LogP contribution in [0.15, 0.2) is 79.0 Å². The standard InChI is InChI=1S/C29H28ClN3O2/c1-21(34)23-8-12-26(13-9-23)31-14-16-32(17-15-31)29(35)18-24-20-33(28-5-3-2-4-27(24)28)19-22-6-10-25(30)11-7-22/h2-13,20H,14-19H2,1H3. The van der Waals surface area contributed by atoms with E-state index in [-0.39, 0.29) is 11.7 Å². The minimum atomic E-state index is 0.0708. The average Bonchev–Trinajstić information content (AvgIpc) is 3.22. The summed E-state index contributed by atoms with van der Waals surface area (Å²) < 4.78 is 2.21. The number of rotatable bonds is 6. The molecule has 0 spiro atoms. The number of carbonyl (C=O) groups excluding carboxylic acids is 2. The molecule has 0 aliphatic carbocycles. The molecule has 0 radical (unpaired) electrons. The lowest BCUT2D eigenvalue weighted by Crippen LogP contribution is -2.49. The lowest BCUT2D eigenvalue weighted by Gasteiger charge is -2.36. The number of aromatic nitrogens is 1. The lowest BCUT2D eigenvalue weighted by atomic mass is 10.1. The molecule has 0 unspecified atom stereocenters. The van der Waals surface area contributed by atoms with Crippen molar-refractivity contribution in [2.75, 3.05) is 31.1 Å². The highest BCUT2D eigenvalue weighted by Crippen LogP contribution is 2.24. The van der Waals surface area contributed by atoms with Gasteiger partial charge in [0, 0.05) is 66.1 Å². The summed E-state index contributed by atoms with van der Waals surface area (Å²) in [7, 11) is 0. The first-order chi connectivity index (χ1) is 17.0. The maximum Gasteiger partial charge on any atom is 0.227 e. The Morgan fingerprint density at radius 1 is 0.857 bits per heavy atom. The Balaban J connectivity index is 1.26. The fourth-order valence-corrected chi connectivity index (χ4v) is 4.90. The molecule has 2 heterocycles. The number of nitrogens with zero attached hydrogens (tertiary/aromatic N) is 3. The number of benzene rings is 3. The van der Waals surface area contributed by atoms with E-state index in [0.29, 0.717) is 19.5 Å². The summed E-state index contributed by atoms with van der Waals surface area (Å²) in [6.45, 7) is 5.25. The monoisotopic (exact) mass is 485 g/mol. The van der Waals surface area contributed by atoms with Gasteiger partial charge in [-0.3, -0.25) is 9.59 Å². The van der Waals surface area contributed by atoms with Crippen molar-refractivity contribution in [3.63, 3.8) is 0 Å². The summed E-state index contributed by atoms with van der Waals surface area (Å²) in [6.07, 6.45) is 2.51. The number of piperazine rings is 1. The zero-order chi connectivity index (χ0) is 24.4. The van der Waals surface area contributed by atoms with Crippen LogP contribution in [0.25, 0.3) is 10.9 Å². The van der Waals surface area contributed by atoms with Gasteiger partial charge in [0.15, 0.2) is 5.78 Å². The van der Waals surface area contributed by atoms with Crippen LogP contribution in [0.2, 0.25) is 5.02 Å². The highest BCUT2D eigenvalue weighted by atomic mass is 35.5. The van der Waals surface area contributed by atoms with Gasteiger partial charge in [-0.1, -0.05) is 41.9 Å². The molecule has 3 aromatic carbocycles. The second-order valence-electron chi connectivity index (χ2n) is 9.07. The molecular weight excluding hydrogens is 458 g/mol. The summed E-state index contributed by atoms with van der Waals surface area (Å²) in [5.41, 5.74) is 5.16. The van der Waals surface area contributed by atoms with E-state index in [2.05, 4.69) is 27.8 Å². The van der Waals surface area contributed by atoms with Gasteiger partial charge in [-0.2, -0.15) is 0 Å². The van der Waals surface area contributed by atoms with E-state index < -0.39 is 0 Å². The molecule has 0 atom stereocenters. The molecule has 6 heteroatoms. The molecule has 1 aliphatic rings. The van der Waals surface area contributed by atoms with Crippen LogP contribution in [0.1, 0.15) is 28.4 Å². The number of ketones is 1. The van der Waals surface area contributed by atoms with Gasteiger partial charge in [0.25, 0.3) is 0 Å². The van der Waals surface area contributed by atoms with Crippen molar-refractivity contribution in [1.82, 2.24) is 9.47 Å². The summed E-state index contributed by atoms with van der Waals surface area (Å²) in [4.78, 5) is 29.0. The van der Waals surface area contributed by atoms with E-state index >= 15 is 0 Å². The van der Waals surface area contributed by atoms with E-state index in [1.807, 2.05) is 65.6 Å². The van der Waals surface area contributed by atoms with Gasteiger partial charge in [0.2, 0.25) is 5.91 Å². The van der Waals surface area contributed by atoms with Crippen LogP contribution in [0.4, 0.5) is 5.69 Å². The first kappa shape index (κ1) is 23.2. The zero-order valence-electron chi connectivity index (χ0n) is 19.8. The average molecular weight is 486 g/mol. The van der Waals surface area contributed by atoms with Gasteiger partial charge < -0.3 is 14.4 Å². The Morgan fingerprint density at radius 3 is 2.23 bits per heavy atom. The van der Waals surface area contributed by atoms with Crippen molar-refractivity contribution < 1.29 is 9.59 Å². The number of hydrogen-bond donors (Lipinski definition) is 0. The summed E-state index contributed by atoms with van der Waals surface area (Å²) >= 11 is 6.04. The first-order valence-corrected chi connectivity index (χ1v) is 12.3. The Bertz CT molecular complexity index is 1350. The quantitative estimate of drug-likeness (QED) is 0.342. The largest absolute Gasteiger partial charge is 0.368 e. The number of fused-ring (bicyclic) bond motifs is 1. The second kappa shape index (κ2) is 9.96. The maximum atomic E-state index is 13.2. The Hall–Kier alpha value is -3.57. The number of carbonyl (C=O) groups is 2. The number of amides is 1. The predicted octanol–water partition coefficient (Wildman–Crippen LogP) is 5.44. The Kier molecular flexibility index (Phi) is 6.60. The molecule has 0 N–H and O–H groups in total. The van der Waals surface area contributed by atoms with E-state index in [4.69, 9.17) is 11.6 Å². The van der Waals surface area contributed by atoms with Crippen molar-refractivity contribution in [2.45, 2.75) is 19.9 Å². The molecule has 4 aromatic rings. The third-order valence-corrected chi connectivity index (χ3v) is 7.00. The fourth-order valence-electron chi connectivity index (χ4n) is 4.78. The number of halogens is 1. The molecular formula is C29H28ClN3O2. The van der Waals surface area contributed by atoms with Gasteiger partial charge >= 0.3 is 0 Å². The van der Waals surface area contributed by atoms with Crippen molar-refractivity contribution in [3.8, 4) is 0 Å². The normalized spacial score (nSPS) is 13.9. The lowest BCUT2D eigenvalue weighted by molar-refractivity contribution is -0.130. The maximum absolute atomic E-state index is 13.2. The zero-order valence-corrected chi connectivity index (χ0v) is 20.5. The summed E-state index contributed by atoms with van der Waals surface area (Å²) in [5, 5.41) is 1.85. The molecule has 1 aromatic heterocycles. The van der Waals surface area contributed by atoms with Crippen LogP contribution in [-0.4, -0.2) is 47.3 Å². The van der Waals surface area contributed by atoms with Gasteiger partial charge in [-0.25, -0.2) is 0 Å². The van der Waals surface area contributed by atoms with Gasteiger partial charge in [0.1, 0.15) is 0 Å². The Morgan fingerprint density at radius 2 is 1.54 bits per heavy atom. The molecule has 35 heavy (non-hydrogen) atoms. The fraction of sp³-hybridized carbons (Fsp3) is 0.241. The molecule has 1 saturated heterocycles. The van der Waals surface area contributed by atoms with Gasteiger partial charge in [-0.15, -0.1) is 0 Å². The van der Waals surface area contributed by atoms with E-state index in [1.54, 1.807) is 6.92 Å². The van der Waals surface area contributed by atoms with Crippen molar-refractivity contribution in [3.05, 3.63) is 101 Å². The third-order valence-electron chi connectivity index (χ3n) is 6.75. The van der Waals surface area contributed by atoms with Crippen LogP contribution >= 0.6 is 11.6 Å². The second-order valence-corrected chi connectivity index (χ2v) is 9.51. The molecule has 1 fully saturated rings. The van der Waals surface area contributed by atoms with Crippen LogP contribution in [-0.2, 0) is 17.8 Å². The Labute approximate surface area is 210 Å². The van der Waals surface area contributed by atoms with Crippen molar-refractivity contribution in [2.24, 2.45) is 0 Å². The third kappa shape index (κ3) is 5.10. The minimum absolute atomic E-state index is 0.0708. The van der Waals surface area contributed by atoms with Crippen LogP contribution in [0.5, 0.6) is 0 Å². The van der Waals surface area contributed by atoms with Crippen molar-refractivity contribution in [1.29, 1.82) is 0 Å². The smallest absolute Gasteiger partial charge is 0.227 e. The number of para-hydroxylation sites is 1. The summed E-state index contributed by atoms with van der Waals surface area (Å²) in [6, 6.07) is 23.9. The molecule has 1 aliphatic heterocycles. The first-order valence-electron chi connectivity index (χ1n) is 11.9. The summed E-state index contributed by atoms with van der Waals surface area (Å²) in [5.74, 6) is 0.229. The molecule has 0 bridgehead atoms. The highest BCUT2D eigenvalue weighted by Gasteiger charge is 2.23. The predicted molar refractivity (Wildman–Crippen MR) is 141 cm³/mol. The molecule has 1 amide bonds. The molecule has 5 nitrogen and oxygen atoms in total. The number of hydrogen-bond acceptors (Lipinski definition) is 3. The SMILES string of the molecule is CC(=O)c1ccc(N2CCN(C(=O)Cc3cn(Cc4ccc(Cl)cc4)c4ccccc34)CC2)cc1. The topological polar surface area (TPSA) is 45.6 Å². The minimum Gasteiger partial charge on any atom is -0.368 e. The van der Waals surface area contributed by atoms with Gasteiger partial charge in [0.05, 0.1) is 6.42 Å². The van der Waals surface area contributed by atoms with E-state index in [1.165, 1.54) is 5.56 Å². The molecule has 178 valence electrons. The van der Waals surface area contributed by atoms with Crippen LogP contribution < -0.4 is 4.90 Å². The van der Waals surface area contributed by atoms with Gasteiger partial charge in [-0.05, 0) is 60.5 Å². The number of anilines is 1. The number of Topliss-reactive ketones (excluding diaryl/α,β-unsaturated/α-hetero) is 1. The highest BCUT2D eigenvalue weighted by molar-refractivity contribution is 6.30. The van der Waals surface area contributed by atoms with Crippen LogP contribution in [0, 0.1) is 0 Å². The molecule has 0 saturated carbocycles. The van der Waals surface area contributed by atoms with E-state index in [0.717, 1.165) is 52.4 Å². The molecule has 5 rings (SSSR count). The van der Waals surface area contributed by atoms with Crippen LogP contribution in [0.3, 0.4) is 0 Å². The van der Waals surface area contributed by atoms with Crippen molar-refractivity contribution >= 4 is 39.9 Å². The van der Waals surface area contributed by atoms with E-state index in [9.17, 15) is 9.59 Å².